The normalized spacial score (nSPS) is 13.5. The van der Waals surface area contributed by atoms with E-state index in [-0.39, 0.29) is 5.33 Å². The van der Waals surface area contributed by atoms with E-state index in [4.69, 9.17) is 5.26 Å². The Labute approximate surface area is 128 Å². The summed E-state index contributed by atoms with van der Waals surface area (Å²) >= 11 is 5.24. The molecule has 2 N–H and O–H groups in total. The molecule has 1 aromatic rings. The third-order valence-corrected chi connectivity index (χ3v) is 4.29. The predicted octanol–water partition coefficient (Wildman–Crippen LogP) is 2.58. The van der Waals surface area contributed by atoms with E-state index in [1.807, 2.05) is 0 Å². The predicted molar refractivity (Wildman–Crippen MR) is 81.9 cm³/mol. The van der Waals surface area contributed by atoms with Crippen LogP contribution in [0.4, 0.5) is 5.69 Å². The molecular weight excluding hydrogens is 411 g/mol. The molecule has 0 radical (unpaired) electrons. The van der Waals surface area contributed by atoms with Crippen molar-refractivity contribution < 1.29 is 9.90 Å². The van der Waals surface area contributed by atoms with Gasteiger partial charge in [0, 0.05) is 15.4 Å². The summed E-state index contributed by atoms with van der Waals surface area (Å²) in [6, 6.07) is 7.15. The Morgan fingerprint density at radius 3 is 2.83 bits per heavy atom. The Kier molecular flexibility index (Phi) is 5.56. The fourth-order valence-electron chi connectivity index (χ4n) is 1.22. The van der Waals surface area contributed by atoms with Crippen LogP contribution in [-0.4, -0.2) is 21.9 Å². The van der Waals surface area contributed by atoms with Crippen molar-refractivity contribution in [3.05, 3.63) is 29.3 Å². The fraction of sp³-hybridized carbons (Fsp3) is 0.333. The fourth-order valence-corrected chi connectivity index (χ4v) is 2.10. The lowest BCUT2D eigenvalue weighted by Crippen LogP contribution is -2.41. The van der Waals surface area contributed by atoms with E-state index in [0.29, 0.717) is 15.7 Å². The van der Waals surface area contributed by atoms with Gasteiger partial charge in [-0.05, 0) is 30.7 Å². The van der Waals surface area contributed by atoms with Crippen molar-refractivity contribution in [1.29, 1.82) is 5.26 Å². The van der Waals surface area contributed by atoms with E-state index >= 15 is 0 Å². The molecule has 0 aliphatic rings. The number of benzene rings is 1. The molecule has 0 aliphatic carbocycles. The van der Waals surface area contributed by atoms with Crippen molar-refractivity contribution >= 4 is 50.1 Å². The van der Waals surface area contributed by atoms with E-state index in [0.717, 1.165) is 5.56 Å². The molecule has 0 aromatic heterocycles. The van der Waals surface area contributed by atoms with Gasteiger partial charge in [-0.3, -0.25) is 4.79 Å². The number of alkyl halides is 2. The first-order valence-electron chi connectivity index (χ1n) is 5.13. The quantitative estimate of drug-likeness (QED) is 0.578. The summed E-state index contributed by atoms with van der Waals surface area (Å²) in [5.41, 5.74) is 0.564. The second kappa shape index (κ2) is 6.50. The van der Waals surface area contributed by atoms with Crippen LogP contribution in [0.2, 0.25) is 0 Å². The highest BCUT2D eigenvalue weighted by Crippen LogP contribution is 2.19. The largest absolute Gasteiger partial charge is 0.379 e. The summed E-state index contributed by atoms with van der Waals surface area (Å²) in [7, 11) is 0. The maximum absolute atomic E-state index is 11.8. The van der Waals surface area contributed by atoms with Gasteiger partial charge in [0.05, 0.1) is 11.6 Å². The first-order valence-corrected chi connectivity index (χ1v) is 7.78. The average Bonchev–Trinajstić information content (AvgIpc) is 2.38. The van der Waals surface area contributed by atoms with Crippen molar-refractivity contribution in [1.82, 2.24) is 0 Å². The molecule has 1 atom stereocenters. The van der Waals surface area contributed by atoms with Crippen LogP contribution in [-0.2, 0) is 9.22 Å². The van der Waals surface area contributed by atoms with Crippen molar-refractivity contribution in [2.45, 2.75) is 17.0 Å². The van der Waals surface area contributed by atoms with Crippen LogP contribution >= 0.6 is 38.5 Å². The minimum atomic E-state index is -1.46. The first kappa shape index (κ1) is 15.4. The highest BCUT2D eigenvalue weighted by Gasteiger charge is 2.28. The number of carbonyl (C=O) groups excluding carboxylic acids is 1. The van der Waals surface area contributed by atoms with Gasteiger partial charge >= 0.3 is 0 Å². The van der Waals surface area contributed by atoms with Gasteiger partial charge in [-0.25, -0.2) is 0 Å². The highest BCUT2D eigenvalue weighted by atomic mass is 127. The van der Waals surface area contributed by atoms with Crippen LogP contribution < -0.4 is 5.32 Å². The van der Waals surface area contributed by atoms with Gasteiger partial charge < -0.3 is 10.4 Å². The van der Waals surface area contributed by atoms with Gasteiger partial charge in [-0.15, -0.1) is 0 Å². The van der Waals surface area contributed by atoms with E-state index in [2.05, 4.69) is 49.9 Å². The molecule has 6 heteroatoms. The molecular formula is C12H12BrIN2O2. The smallest absolute Gasteiger partial charge is 0.256 e. The van der Waals surface area contributed by atoms with Gasteiger partial charge in [-0.1, -0.05) is 38.5 Å². The van der Waals surface area contributed by atoms with Crippen LogP contribution in [0, 0.1) is 11.3 Å². The number of anilines is 1. The zero-order valence-corrected chi connectivity index (χ0v) is 13.4. The number of nitrogens with one attached hydrogen (secondary N) is 1. The third-order valence-electron chi connectivity index (χ3n) is 2.38. The number of aliphatic hydroxyl groups is 1. The number of hydrogen-bond donors (Lipinski definition) is 2. The van der Waals surface area contributed by atoms with Crippen LogP contribution in [0.1, 0.15) is 18.1 Å². The minimum Gasteiger partial charge on any atom is -0.379 e. The summed E-state index contributed by atoms with van der Waals surface area (Å²) in [5.74, 6) is -0.483. The second-order valence-corrected chi connectivity index (χ2v) is 5.30. The summed E-state index contributed by atoms with van der Waals surface area (Å²) in [5, 5.41) is 21.5. The number of halogens is 2. The molecule has 18 heavy (non-hydrogen) atoms. The molecule has 0 unspecified atom stereocenters. The molecule has 1 aromatic carbocycles. The Balaban J connectivity index is 2.94. The lowest BCUT2D eigenvalue weighted by molar-refractivity contribution is -0.130. The third kappa shape index (κ3) is 3.67. The highest BCUT2D eigenvalue weighted by molar-refractivity contribution is 14.1. The Bertz CT molecular complexity index is 497. The van der Waals surface area contributed by atoms with Gasteiger partial charge in [0.2, 0.25) is 0 Å². The van der Waals surface area contributed by atoms with Crippen molar-refractivity contribution in [2.75, 3.05) is 10.6 Å². The van der Waals surface area contributed by atoms with Crippen LogP contribution in [0.15, 0.2) is 18.2 Å². The number of nitrogens with zero attached hydrogens (tertiary/aromatic N) is 1. The number of nitriles is 1. The van der Waals surface area contributed by atoms with Gasteiger partial charge in [0.1, 0.15) is 5.60 Å². The monoisotopic (exact) mass is 422 g/mol. The van der Waals surface area contributed by atoms with Crippen LogP contribution in [0.5, 0.6) is 0 Å². The lowest BCUT2D eigenvalue weighted by atomic mass is 10.1. The zero-order chi connectivity index (χ0) is 13.8. The maximum Gasteiger partial charge on any atom is 0.256 e. The van der Waals surface area contributed by atoms with Crippen molar-refractivity contribution in [2.24, 2.45) is 0 Å². The summed E-state index contributed by atoms with van der Waals surface area (Å²) < 4.78 is 0.680. The minimum absolute atomic E-state index is 0.154. The Morgan fingerprint density at radius 2 is 2.33 bits per heavy atom. The molecule has 1 rings (SSSR count). The second-order valence-electron chi connectivity index (χ2n) is 3.98. The number of amides is 1. The average molecular weight is 423 g/mol. The molecule has 0 heterocycles. The molecule has 0 saturated carbocycles. The molecule has 0 spiro atoms. The van der Waals surface area contributed by atoms with Crippen molar-refractivity contribution in [3.63, 3.8) is 0 Å². The number of carbonyl (C=O) groups is 1. The van der Waals surface area contributed by atoms with E-state index < -0.39 is 11.5 Å². The zero-order valence-electron chi connectivity index (χ0n) is 9.70. The van der Waals surface area contributed by atoms with E-state index in [1.165, 1.54) is 6.92 Å². The topological polar surface area (TPSA) is 73.1 Å². The SMILES string of the molecule is C[C@](O)(CBr)C(=O)Nc1ccc(C#N)c(CI)c1. The standard InChI is InChI=1S/C12H12BrIN2O2/c1-12(18,7-13)11(17)16-10-3-2-8(6-15)9(4-10)5-14/h2-4,18H,5,7H2,1H3,(H,16,17)/t12-/m0/s1. The van der Waals surface area contributed by atoms with Gasteiger partial charge in [0.25, 0.3) is 5.91 Å². The van der Waals surface area contributed by atoms with Gasteiger partial charge in [0.15, 0.2) is 0 Å². The molecule has 96 valence electrons. The van der Waals surface area contributed by atoms with Crippen molar-refractivity contribution in [3.8, 4) is 6.07 Å². The molecule has 0 aliphatic heterocycles. The summed E-state index contributed by atoms with van der Waals surface area (Å²) in [4.78, 5) is 11.8. The van der Waals surface area contributed by atoms with Crippen LogP contribution in [0.3, 0.4) is 0 Å². The molecule has 0 bridgehead atoms. The van der Waals surface area contributed by atoms with E-state index in [1.54, 1.807) is 18.2 Å². The molecule has 0 saturated heterocycles. The number of hydrogen-bond acceptors (Lipinski definition) is 3. The van der Waals surface area contributed by atoms with E-state index in [9.17, 15) is 9.90 Å². The summed E-state index contributed by atoms with van der Waals surface area (Å²) in [6.45, 7) is 1.43. The summed E-state index contributed by atoms with van der Waals surface area (Å²) in [6.07, 6.45) is 0. The first-order chi connectivity index (χ1) is 8.44. The lowest BCUT2D eigenvalue weighted by Gasteiger charge is -2.19. The Morgan fingerprint density at radius 1 is 1.67 bits per heavy atom. The van der Waals surface area contributed by atoms with Crippen LogP contribution in [0.25, 0.3) is 0 Å². The maximum atomic E-state index is 11.8. The van der Waals surface area contributed by atoms with Gasteiger partial charge in [-0.2, -0.15) is 5.26 Å². The number of rotatable bonds is 4. The molecule has 1 amide bonds. The Hall–Kier alpha value is -0.650. The molecule has 4 nitrogen and oxygen atoms in total. The molecule has 0 fully saturated rings.